The minimum atomic E-state index is 0.780. The van der Waals surface area contributed by atoms with Crippen molar-refractivity contribution in [3.8, 4) is 0 Å². The minimum Gasteiger partial charge on any atom is -0.357 e. The van der Waals surface area contributed by atoms with Crippen molar-refractivity contribution in [3.63, 3.8) is 0 Å². The maximum absolute atomic E-state index is 4.75. The van der Waals surface area contributed by atoms with Crippen molar-refractivity contribution in [1.29, 1.82) is 0 Å². The van der Waals surface area contributed by atoms with Gasteiger partial charge in [-0.25, -0.2) is 4.98 Å². The maximum Gasteiger partial charge on any atom is 0.193 e. The molecular formula is C17H26N4S2. The molecule has 0 atom stereocenters. The number of rotatable bonds is 8. The summed E-state index contributed by atoms with van der Waals surface area (Å²) in [5.74, 6) is 0.983. The molecule has 0 spiro atoms. The van der Waals surface area contributed by atoms with Crippen molar-refractivity contribution in [2.24, 2.45) is 4.99 Å². The van der Waals surface area contributed by atoms with Gasteiger partial charge in [0.15, 0.2) is 5.96 Å². The summed E-state index contributed by atoms with van der Waals surface area (Å²) in [5.41, 5.74) is 0. The van der Waals surface area contributed by atoms with Gasteiger partial charge in [-0.1, -0.05) is 13.0 Å². The molecule has 2 rings (SSSR count). The SMILES string of the molecule is CCNC(=NCCc1ncc(CC)s1)N(C)CCc1cccs1. The smallest absolute Gasteiger partial charge is 0.193 e. The molecule has 0 aliphatic rings. The summed E-state index contributed by atoms with van der Waals surface area (Å²) in [5, 5.41) is 6.69. The van der Waals surface area contributed by atoms with E-state index in [0.29, 0.717) is 0 Å². The lowest BCUT2D eigenvalue weighted by Gasteiger charge is -2.21. The first kappa shape index (κ1) is 17.9. The normalized spacial score (nSPS) is 11.7. The van der Waals surface area contributed by atoms with Gasteiger partial charge in [0.1, 0.15) is 0 Å². The number of thiophene rings is 1. The first-order valence-electron chi connectivity index (χ1n) is 8.18. The fourth-order valence-corrected chi connectivity index (χ4v) is 3.74. The molecule has 126 valence electrons. The number of guanidine groups is 1. The third-order valence-electron chi connectivity index (χ3n) is 3.51. The Labute approximate surface area is 147 Å². The monoisotopic (exact) mass is 350 g/mol. The summed E-state index contributed by atoms with van der Waals surface area (Å²) in [6.07, 6.45) is 5.03. The highest BCUT2D eigenvalue weighted by molar-refractivity contribution is 7.11. The molecule has 23 heavy (non-hydrogen) atoms. The fraction of sp³-hybridized carbons (Fsp3) is 0.529. The number of aliphatic imine (C=N–C) groups is 1. The zero-order chi connectivity index (χ0) is 16.5. The van der Waals surface area contributed by atoms with Crippen molar-refractivity contribution in [2.45, 2.75) is 33.1 Å². The Balaban J connectivity index is 1.85. The van der Waals surface area contributed by atoms with Gasteiger partial charge in [-0.15, -0.1) is 22.7 Å². The summed E-state index contributed by atoms with van der Waals surface area (Å²) >= 11 is 3.62. The second kappa shape index (κ2) is 9.67. The van der Waals surface area contributed by atoms with Crippen LogP contribution in [0.1, 0.15) is 28.6 Å². The van der Waals surface area contributed by atoms with Gasteiger partial charge in [0.05, 0.1) is 5.01 Å². The lowest BCUT2D eigenvalue weighted by Crippen LogP contribution is -2.40. The van der Waals surface area contributed by atoms with Gasteiger partial charge in [0.25, 0.3) is 0 Å². The third-order valence-corrected chi connectivity index (χ3v) is 5.64. The molecule has 0 saturated carbocycles. The van der Waals surface area contributed by atoms with Gasteiger partial charge >= 0.3 is 0 Å². The van der Waals surface area contributed by atoms with E-state index < -0.39 is 0 Å². The number of nitrogens with one attached hydrogen (secondary N) is 1. The van der Waals surface area contributed by atoms with Crippen LogP contribution in [-0.4, -0.2) is 42.5 Å². The minimum absolute atomic E-state index is 0.780. The number of hydrogen-bond acceptors (Lipinski definition) is 4. The van der Waals surface area contributed by atoms with Gasteiger partial charge < -0.3 is 10.2 Å². The van der Waals surface area contributed by atoms with Crippen molar-refractivity contribution in [1.82, 2.24) is 15.2 Å². The Bertz CT molecular complexity index is 590. The molecule has 0 bridgehead atoms. The maximum atomic E-state index is 4.75. The summed E-state index contributed by atoms with van der Waals surface area (Å²) in [7, 11) is 2.10. The first-order valence-corrected chi connectivity index (χ1v) is 9.88. The van der Waals surface area contributed by atoms with Crippen molar-refractivity contribution in [3.05, 3.63) is 38.5 Å². The highest BCUT2D eigenvalue weighted by Gasteiger charge is 2.06. The predicted octanol–water partition coefficient (Wildman–Crippen LogP) is 3.45. The van der Waals surface area contributed by atoms with Crippen LogP contribution in [0.5, 0.6) is 0 Å². The van der Waals surface area contributed by atoms with E-state index in [1.165, 1.54) is 14.8 Å². The topological polar surface area (TPSA) is 40.5 Å². The third kappa shape index (κ3) is 5.95. The van der Waals surface area contributed by atoms with E-state index >= 15 is 0 Å². The summed E-state index contributed by atoms with van der Waals surface area (Å²) in [6, 6.07) is 4.30. The van der Waals surface area contributed by atoms with Gasteiger partial charge in [-0.05, 0) is 31.2 Å². The van der Waals surface area contributed by atoms with Crippen molar-refractivity contribution >= 4 is 28.6 Å². The van der Waals surface area contributed by atoms with Crippen molar-refractivity contribution in [2.75, 3.05) is 26.7 Å². The molecular weight excluding hydrogens is 324 g/mol. The molecule has 0 saturated heterocycles. The molecule has 2 heterocycles. The Morgan fingerprint density at radius 1 is 1.30 bits per heavy atom. The number of thiazole rings is 1. The molecule has 0 unspecified atom stereocenters. The van der Waals surface area contributed by atoms with Crippen molar-refractivity contribution < 1.29 is 0 Å². The average molecular weight is 351 g/mol. The molecule has 1 N–H and O–H groups in total. The van der Waals surface area contributed by atoms with Crippen LogP contribution in [0, 0.1) is 0 Å². The molecule has 2 aromatic heterocycles. The largest absolute Gasteiger partial charge is 0.357 e. The molecule has 0 aromatic carbocycles. The Morgan fingerprint density at radius 2 is 2.17 bits per heavy atom. The Hall–Kier alpha value is -1.40. The van der Waals surface area contributed by atoms with Gasteiger partial charge in [-0.3, -0.25) is 4.99 Å². The van der Waals surface area contributed by atoms with Crippen LogP contribution in [-0.2, 0) is 19.3 Å². The Morgan fingerprint density at radius 3 is 2.83 bits per heavy atom. The molecule has 0 radical (unpaired) electrons. The molecule has 0 aliphatic heterocycles. The lowest BCUT2D eigenvalue weighted by atomic mass is 10.3. The standard InChI is InChI=1S/C17H26N4S2/c1-4-14-13-20-16(23-14)8-10-19-17(18-5-2)21(3)11-9-15-7-6-12-22-15/h6-7,12-13H,4-5,8-11H2,1-3H3,(H,18,19). The summed E-state index contributed by atoms with van der Waals surface area (Å²) in [4.78, 5) is 14.2. The van der Waals surface area contributed by atoms with Crippen LogP contribution in [0.2, 0.25) is 0 Å². The highest BCUT2D eigenvalue weighted by atomic mass is 32.1. The summed E-state index contributed by atoms with van der Waals surface area (Å²) < 4.78 is 0. The van der Waals surface area contributed by atoms with Gasteiger partial charge in [0, 0.05) is 49.1 Å². The predicted molar refractivity (Wildman–Crippen MR) is 102 cm³/mol. The molecule has 0 aliphatic carbocycles. The quantitative estimate of drug-likeness (QED) is 0.585. The van der Waals surface area contributed by atoms with E-state index in [9.17, 15) is 0 Å². The molecule has 0 amide bonds. The lowest BCUT2D eigenvalue weighted by molar-refractivity contribution is 0.487. The zero-order valence-electron chi connectivity index (χ0n) is 14.2. The number of aromatic nitrogens is 1. The molecule has 4 nitrogen and oxygen atoms in total. The van der Waals surface area contributed by atoms with Crippen LogP contribution in [0.3, 0.4) is 0 Å². The molecule has 6 heteroatoms. The molecule has 2 aromatic rings. The van der Waals surface area contributed by atoms with Crippen LogP contribution in [0.25, 0.3) is 0 Å². The average Bonchev–Trinajstić information content (AvgIpc) is 3.23. The van der Waals surface area contributed by atoms with E-state index in [1.54, 1.807) is 11.3 Å². The molecule has 0 fully saturated rings. The van der Waals surface area contributed by atoms with Crippen LogP contribution >= 0.6 is 22.7 Å². The Kier molecular flexibility index (Phi) is 7.55. The highest BCUT2D eigenvalue weighted by Crippen LogP contribution is 2.14. The fourth-order valence-electron chi connectivity index (χ4n) is 2.19. The van der Waals surface area contributed by atoms with Crippen LogP contribution < -0.4 is 5.32 Å². The zero-order valence-corrected chi connectivity index (χ0v) is 15.8. The first-order chi connectivity index (χ1) is 11.2. The number of hydrogen-bond donors (Lipinski definition) is 1. The summed E-state index contributed by atoms with van der Waals surface area (Å²) in [6.45, 7) is 6.92. The van der Waals surface area contributed by atoms with E-state index in [2.05, 4.69) is 53.6 Å². The second-order valence-electron chi connectivity index (χ2n) is 5.31. The second-order valence-corrected chi connectivity index (χ2v) is 7.54. The number of likely N-dealkylation sites (N-methyl/N-ethyl adjacent to an activating group) is 1. The van der Waals surface area contributed by atoms with Crippen LogP contribution in [0.4, 0.5) is 0 Å². The van der Waals surface area contributed by atoms with Crippen LogP contribution in [0.15, 0.2) is 28.7 Å². The number of nitrogens with zero attached hydrogens (tertiary/aromatic N) is 3. The van der Waals surface area contributed by atoms with Gasteiger partial charge in [-0.2, -0.15) is 0 Å². The van der Waals surface area contributed by atoms with E-state index in [0.717, 1.165) is 44.9 Å². The van der Waals surface area contributed by atoms with E-state index in [-0.39, 0.29) is 0 Å². The van der Waals surface area contributed by atoms with Gasteiger partial charge in [0.2, 0.25) is 0 Å². The van der Waals surface area contributed by atoms with E-state index in [4.69, 9.17) is 4.99 Å². The number of aryl methyl sites for hydroxylation is 1. The van der Waals surface area contributed by atoms with E-state index in [1.807, 2.05) is 17.5 Å².